The van der Waals surface area contributed by atoms with E-state index in [-0.39, 0.29) is 17.1 Å². The monoisotopic (exact) mass is 501 g/mol. The zero-order chi connectivity index (χ0) is 26.4. The maximum atomic E-state index is 14.0. The number of hydrogen-bond donors (Lipinski definition) is 0. The Labute approximate surface area is 220 Å². The van der Waals surface area contributed by atoms with Gasteiger partial charge in [-0.05, 0) is 91.1 Å². The molecule has 0 bridgehead atoms. The zero-order valence-corrected chi connectivity index (χ0v) is 21.5. The summed E-state index contributed by atoms with van der Waals surface area (Å²) in [4.78, 5) is 29.6. The largest absolute Gasteiger partial charge is 0.457 e. The van der Waals surface area contributed by atoms with Gasteiger partial charge in [0, 0.05) is 5.69 Å². The van der Waals surface area contributed by atoms with Crippen molar-refractivity contribution >= 4 is 22.6 Å². The molecule has 1 aliphatic heterocycles. The topological polar surface area (TPSA) is 59.8 Å². The van der Waals surface area contributed by atoms with Gasteiger partial charge in [0.15, 0.2) is 5.43 Å². The number of rotatable bonds is 5. The van der Waals surface area contributed by atoms with E-state index >= 15 is 0 Å². The fraction of sp³-hybridized carbons (Fsp3) is 0.152. The van der Waals surface area contributed by atoms with Crippen LogP contribution in [0.1, 0.15) is 51.3 Å². The van der Waals surface area contributed by atoms with Gasteiger partial charge >= 0.3 is 0 Å². The van der Waals surface area contributed by atoms with E-state index in [9.17, 15) is 9.59 Å². The van der Waals surface area contributed by atoms with Crippen LogP contribution in [0.15, 0.2) is 100 Å². The predicted octanol–water partition coefficient (Wildman–Crippen LogP) is 7.51. The second-order valence-electron chi connectivity index (χ2n) is 9.69. The van der Waals surface area contributed by atoms with E-state index in [2.05, 4.69) is 6.92 Å². The number of amides is 1. The molecular weight excluding hydrogens is 474 g/mol. The number of hydrogen-bond acceptors (Lipinski definition) is 4. The summed E-state index contributed by atoms with van der Waals surface area (Å²) in [7, 11) is 0. The van der Waals surface area contributed by atoms with Crippen molar-refractivity contribution in [2.45, 2.75) is 33.2 Å². The molecule has 0 saturated heterocycles. The van der Waals surface area contributed by atoms with E-state index in [4.69, 9.17) is 9.15 Å². The van der Waals surface area contributed by atoms with Crippen molar-refractivity contribution in [3.63, 3.8) is 0 Å². The highest BCUT2D eigenvalue weighted by Gasteiger charge is 2.43. The van der Waals surface area contributed by atoms with Gasteiger partial charge in [-0.1, -0.05) is 49.4 Å². The van der Waals surface area contributed by atoms with Crippen molar-refractivity contribution in [2.75, 3.05) is 4.90 Å². The van der Waals surface area contributed by atoms with Crippen molar-refractivity contribution in [1.29, 1.82) is 0 Å². The van der Waals surface area contributed by atoms with Crippen LogP contribution in [-0.2, 0) is 6.42 Å². The number of aryl methyl sites for hydroxylation is 3. The van der Waals surface area contributed by atoms with E-state index in [1.807, 2.05) is 105 Å². The first kappa shape index (κ1) is 23.7. The Balaban J connectivity index is 1.55. The van der Waals surface area contributed by atoms with Gasteiger partial charge in [0.2, 0.25) is 5.76 Å². The van der Waals surface area contributed by atoms with Crippen molar-refractivity contribution in [1.82, 2.24) is 0 Å². The number of para-hydroxylation sites is 1. The highest BCUT2D eigenvalue weighted by molar-refractivity contribution is 6.10. The van der Waals surface area contributed by atoms with Crippen molar-refractivity contribution < 1.29 is 13.9 Å². The van der Waals surface area contributed by atoms with Gasteiger partial charge in [0.25, 0.3) is 5.91 Å². The SMILES string of the molecule is CCc1ccc(N2C(=O)c3oc4cc(C)c(C)cc4c(=O)c3C2c2cccc(Oc3ccccc3)c2)cc1. The number of carbonyl (C=O) groups excluding carboxylic acids is 1. The lowest BCUT2D eigenvalue weighted by Gasteiger charge is -2.25. The lowest BCUT2D eigenvalue weighted by atomic mass is 9.97. The van der Waals surface area contributed by atoms with Gasteiger partial charge in [0.05, 0.1) is 17.0 Å². The van der Waals surface area contributed by atoms with Gasteiger partial charge in [0.1, 0.15) is 17.1 Å². The molecule has 5 aromatic rings. The molecule has 5 nitrogen and oxygen atoms in total. The summed E-state index contributed by atoms with van der Waals surface area (Å²) < 4.78 is 12.3. The third-order valence-electron chi connectivity index (χ3n) is 7.26. The van der Waals surface area contributed by atoms with E-state index in [1.165, 1.54) is 5.56 Å². The molecule has 1 amide bonds. The van der Waals surface area contributed by atoms with Crippen LogP contribution in [0.2, 0.25) is 0 Å². The summed E-state index contributed by atoms with van der Waals surface area (Å²) in [5.74, 6) is 1.08. The van der Waals surface area contributed by atoms with Crippen molar-refractivity contribution in [2.24, 2.45) is 0 Å². The molecular formula is C33H27NO4. The molecule has 0 N–H and O–H groups in total. The lowest BCUT2D eigenvalue weighted by molar-refractivity contribution is 0.0971. The first-order valence-electron chi connectivity index (χ1n) is 12.8. The van der Waals surface area contributed by atoms with Gasteiger partial charge in [-0.2, -0.15) is 0 Å². The summed E-state index contributed by atoms with van der Waals surface area (Å²) in [5, 5.41) is 0.476. The number of fused-ring (bicyclic) bond motifs is 2. The minimum atomic E-state index is -0.661. The molecule has 38 heavy (non-hydrogen) atoms. The van der Waals surface area contributed by atoms with Crippen molar-refractivity contribution in [3.8, 4) is 11.5 Å². The Hall–Kier alpha value is -4.64. The Morgan fingerprint density at radius 3 is 2.26 bits per heavy atom. The van der Waals surface area contributed by atoms with Crippen LogP contribution in [0.4, 0.5) is 5.69 Å². The Kier molecular flexibility index (Phi) is 5.84. The molecule has 4 aromatic carbocycles. The zero-order valence-electron chi connectivity index (χ0n) is 21.5. The standard InChI is InChI=1S/C33H27NO4/c1-4-22-13-15-24(16-14-22)34-30(23-9-8-12-26(19-23)37-25-10-6-5-7-11-25)29-31(35)27-17-20(2)21(3)18-28(27)38-32(29)33(34)36/h5-19,30H,4H2,1-3H3. The molecule has 6 rings (SSSR count). The quantitative estimate of drug-likeness (QED) is 0.250. The Morgan fingerprint density at radius 1 is 0.816 bits per heavy atom. The average molecular weight is 502 g/mol. The Morgan fingerprint density at radius 2 is 1.53 bits per heavy atom. The van der Waals surface area contributed by atoms with Crippen LogP contribution >= 0.6 is 0 Å². The predicted molar refractivity (Wildman–Crippen MR) is 149 cm³/mol. The highest BCUT2D eigenvalue weighted by atomic mass is 16.5. The first-order valence-corrected chi connectivity index (χ1v) is 12.8. The molecule has 0 aliphatic carbocycles. The summed E-state index contributed by atoms with van der Waals surface area (Å²) in [6, 6.07) is 28.0. The number of anilines is 1. The molecule has 0 fully saturated rings. The van der Waals surface area contributed by atoms with E-state index < -0.39 is 6.04 Å². The number of ether oxygens (including phenoxy) is 1. The highest BCUT2D eigenvalue weighted by Crippen LogP contribution is 2.42. The fourth-order valence-corrected chi connectivity index (χ4v) is 5.07. The number of nitrogens with zero attached hydrogens (tertiary/aromatic N) is 1. The molecule has 1 unspecified atom stereocenters. The Bertz CT molecular complexity index is 1740. The first-order chi connectivity index (χ1) is 18.4. The van der Waals surface area contributed by atoms with Crippen LogP contribution in [0, 0.1) is 13.8 Å². The molecule has 1 atom stereocenters. The molecule has 0 spiro atoms. The number of carbonyl (C=O) groups is 1. The normalized spacial score (nSPS) is 14.7. The van der Waals surface area contributed by atoms with E-state index in [0.717, 1.165) is 23.1 Å². The second-order valence-corrected chi connectivity index (χ2v) is 9.69. The molecule has 2 heterocycles. The minimum Gasteiger partial charge on any atom is -0.457 e. The van der Waals surface area contributed by atoms with Gasteiger partial charge in [-0.25, -0.2) is 0 Å². The van der Waals surface area contributed by atoms with Crippen molar-refractivity contribution in [3.05, 3.63) is 135 Å². The molecule has 1 aromatic heterocycles. The molecule has 1 aliphatic rings. The third kappa shape index (κ3) is 3.97. The van der Waals surface area contributed by atoms with Gasteiger partial charge in [-0.3, -0.25) is 14.5 Å². The fourth-order valence-electron chi connectivity index (χ4n) is 5.07. The van der Waals surface area contributed by atoms with Gasteiger partial charge in [-0.15, -0.1) is 0 Å². The molecule has 0 radical (unpaired) electrons. The van der Waals surface area contributed by atoms with Crippen LogP contribution in [0.5, 0.6) is 11.5 Å². The summed E-state index contributed by atoms with van der Waals surface area (Å²) in [5.41, 5.74) is 5.21. The summed E-state index contributed by atoms with van der Waals surface area (Å²) in [6.07, 6.45) is 0.890. The van der Waals surface area contributed by atoms with Crippen LogP contribution in [0.3, 0.4) is 0 Å². The molecule has 188 valence electrons. The summed E-state index contributed by atoms with van der Waals surface area (Å²) in [6.45, 7) is 6.02. The molecule has 0 saturated carbocycles. The summed E-state index contributed by atoms with van der Waals surface area (Å²) >= 11 is 0. The van der Waals surface area contributed by atoms with E-state index in [0.29, 0.717) is 33.7 Å². The molecule has 5 heteroatoms. The number of benzene rings is 4. The van der Waals surface area contributed by atoms with Crippen LogP contribution in [-0.4, -0.2) is 5.91 Å². The van der Waals surface area contributed by atoms with Gasteiger partial charge < -0.3 is 9.15 Å². The smallest absolute Gasteiger partial charge is 0.295 e. The van der Waals surface area contributed by atoms with E-state index in [1.54, 1.807) is 4.90 Å². The lowest BCUT2D eigenvalue weighted by Crippen LogP contribution is -2.29. The maximum absolute atomic E-state index is 14.0. The second kappa shape index (κ2) is 9.34. The third-order valence-corrected chi connectivity index (χ3v) is 7.26. The maximum Gasteiger partial charge on any atom is 0.295 e. The average Bonchev–Trinajstić information content (AvgIpc) is 3.23. The van der Waals surface area contributed by atoms with Crippen LogP contribution < -0.4 is 15.1 Å². The minimum absolute atomic E-state index is 0.0877. The van der Waals surface area contributed by atoms with Crippen LogP contribution in [0.25, 0.3) is 11.0 Å².